The van der Waals surface area contributed by atoms with Crippen LogP contribution in [0.4, 0.5) is 5.69 Å². The van der Waals surface area contributed by atoms with Gasteiger partial charge in [-0.15, -0.1) is 0 Å². The lowest BCUT2D eigenvalue weighted by Crippen LogP contribution is -2.40. The van der Waals surface area contributed by atoms with Crippen LogP contribution < -0.4 is 10.1 Å². The first kappa shape index (κ1) is 22.0. The van der Waals surface area contributed by atoms with Crippen LogP contribution in [0.5, 0.6) is 5.75 Å². The van der Waals surface area contributed by atoms with Crippen LogP contribution in [0, 0.1) is 16.0 Å². The highest BCUT2D eigenvalue weighted by atomic mass is 16.6. The first-order valence-electron chi connectivity index (χ1n) is 10.1. The van der Waals surface area contributed by atoms with Crippen molar-refractivity contribution in [1.29, 1.82) is 0 Å². The number of nitrogens with zero attached hydrogens (tertiary/aromatic N) is 2. The molecule has 1 unspecified atom stereocenters. The number of nitro benzene ring substituents is 1. The molecule has 8 nitrogen and oxygen atoms in total. The van der Waals surface area contributed by atoms with Crippen LogP contribution in [0.3, 0.4) is 0 Å². The molecule has 0 aromatic heterocycles. The summed E-state index contributed by atoms with van der Waals surface area (Å²) in [6.45, 7) is 3.43. The maximum atomic E-state index is 13.4. The molecule has 1 aliphatic heterocycles. The van der Waals surface area contributed by atoms with Crippen LogP contribution in [0.15, 0.2) is 54.7 Å². The second-order valence-corrected chi connectivity index (χ2v) is 7.53. The number of para-hydroxylation sites is 1. The first-order valence-corrected chi connectivity index (χ1v) is 10.1. The monoisotopic (exact) mass is 423 g/mol. The molecule has 0 aliphatic carbocycles. The van der Waals surface area contributed by atoms with Gasteiger partial charge in [0.05, 0.1) is 17.6 Å². The Balaban J connectivity index is 1.89. The van der Waals surface area contributed by atoms with E-state index in [4.69, 9.17) is 4.74 Å². The molecular weight excluding hydrogens is 398 g/mol. The van der Waals surface area contributed by atoms with Crippen LogP contribution >= 0.6 is 0 Å². The largest absolute Gasteiger partial charge is 0.496 e. The summed E-state index contributed by atoms with van der Waals surface area (Å²) in [5, 5.41) is 13.5. The van der Waals surface area contributed by atoms with Gasteiger partial charge in [-0.3, -0.25) is 19.7 Å². The smallest absolute Gasteiger partial charge is 0.269 e. The van der Waals surface area contributed by atoms with Gasteiger partial charge in [-0.05, 0) is 37.0 Å². The molecule has 1 N–H and O–H groups in total. The Bertz CT molecular complexity index is 1000. The topological polar surface area (TPSA) is 102 Å². The fraction of sp³-hybridized carbons (Fsp3) is 0.304. The molecule has 2 aromatic carbocycles. The number of ether oxygens (including phenoxy) is 1. The summed E-state index contributed by atoms with van der Waals surface area (Å²) in [5.41, 5.74) is 1.05. The molecule has 2 aromatic rings. The fourth-order valence-corrected chi connectivity index (χ4v) is 3.62. The number of benzene rings is 2. The molecule has 1 fully saturated rings. The van der Waals surface area contributed by atoms with E-state index in [1.807, 2.05) is 6.07 Å². The van der Waals surface area contributed by atoms with Crippen molar-refractivity contribution in [3.8, 4) is 5.75 Å². The molecule has 0 spiro atoms. The summed E-state index contributed by atoms with van der Waals surface area (Å²) in [7, 11) is 1.53. The molecule has 8 heteroatoms. The normalized spacial score (nSPS) is 16.5. The molecule has 1 atom stereocenters. The number of hydrogen-bond donors (Lipinski definition) is 1. The maximum Gasteiger partial charge on any atom is 0.269 e. The van der Waals surface area contributed by atoms with Crippen LogP contribution in [-0.2, 0) is 4.79 Å². The van der Waals surface area contributed by atoms with Crippen LogP contribution in [0.1, 0.15) is 35.7 Å². The maximum absolute atomic E-state index is 13.4. The number of non-ortho nitro benzene ring substituents is 1. The minimum Gasteiger partial charge on any atom is -0.496 e. The average molecular weight is 423 g/mol. The number of carbonyl (C=O) groups is 2. The molecule has 0 bridgehead atoms. The van der Waals surface area contributed by atoms with Crippen molar-refractivity contribution in [2.45, 2.75) is 19.8 Å². The number of carbonyl (C=O) groups excluding carboxylic acids is 2. The molecule has 3 rings (SSSR count). The van der Waals surface area contributed by atoms with E-state index in [1.165, 1.54) is 37.6 Å². The van der Waals surface area contributed by atoms with Gasteiger partial charge < -0.3 is 15.0 Å². The van der Waals surface area contributed by atoms with Crippen molar-refractivity contribution < 1.29 is 19.2 Å². The summed E-state index contributed by atoms with van der Waals surface area (Å²) in [4.78, 5) is 38.0. The molecule has 0 saturated carbocycles. The van der Waals surface area contributed by atoms with Gasteiger partial charge >= 0.3 is 0 Å². The first-order chi connectivity index (χ1) is 14.9. The second-order valence-electron chi connectivity index (χ2n) is 7.53. The quantitative estimate of drug-likeness (QED) is 0.434. The van der Waals surface area contributed by atoms with Crippen molar-refractivity contribution in [3.05, 3.63) is 76.0 Å². The summed E-state index contributed by atoms with van der Waals surface area (Å²) in [6, 6.07) is 12.4. The van der Waals surface area contributed by atoms with Gasteiger partial charge in [-0.1, -0.05) is 25.1 Å². The van der Waals surface area contributed by atoms with Gasteiger partial charge in [0.2, 0.25) is 0 Å². The number of piperidine rings is 1. The van der Waals surface area contributed by atoms with Gasteiger partial charge in [-0.25, -0.2) is 0 Å². The molecule has 2 amide bonds. The summed E-state index contributed by atoms with van der Waals surface area (Å²) in [6.07, 6.45) is 3.40. The minimum absolute atomic E-state index is 0.101. The lowest BCUT2D eigenvalue weighted by molar-refractivity contribution is -0.384. The number of nitrogens with one attached hydrogen (secondary N) is 1. The lowest BCUT2D eigenvalue weighted by atomic mass is 9.98. The highest BCUT2D eigenvalue weighted by molar-refractivity contribution is 6.20. The lowest BCUT2D eigenvalue weighted by Gasteiger charge is -2.31. The molecule has 31 heavy (non-hydrogen) atoms. The number of rotatable bonds is 6. The average Bonchev–Trinajstić information content (AvgIpc) is 2.79. The van der Waals surface area contributed by atoms with Crippen molar-refractivity contribution in [1.82, 2.24) is 10.2 Å². The summed E-state index contributed by atoms with van der Waals surface area (Å²) in [5.74, 6) is 0.283. The van der Waals surface area contributed by atoms with E-state index in [1.54, 1.807) is 23.1 Å². The van der Waals surface area contributed by atoms with Gasteiger partial charge in [-0.2, -0.15) is 0 Å². The van der Waals surface area contributed by atoms with Crippen LogP contribution in [-0.4, -0.2) is 41.8 Å². The second kappa shape index (κ2) is 9.88. The van der Waals surface area contributed by atoms with Crippen LogP contribution in [0.2, 0.25) is 0 Å². The van der Waals surface area contributed by atoms with E-state index < -0.39 is 10.8 Å². The number of likely N-dealkylation sites (tertiary alicyclic amines) is 1. The Morgan fingerprint density at radius 1 is 1.19 bits per heavy atom. The van der Waals surface area contributed by atoms with Crippen molar-refractivity contribution in [2.24, 2.45) is 5.92 Å². The molecule has 1 heterocycles. The minimum atomic E-state index is -0.528. The molecule has 162 valence electrons. The van der Waals surface area contributed by atoms with Crippen molar-refractivity contribution in [3.63, 3.8) is 0 Å². The predicted molar refractivity (Wildman–Crippen MR) is 117 cm³/mol. The number of nitro groups is 1. The SMILES string of the molecule is COc1ccccc1C(=CNC(=O)c1ccc([N+](=O)[O-])cc1)C(=O)N1CCCC(C)C1. The Morgan fingerprint density at radius 2 is 1.90 bits per heavy atom. The number of amides is 2. The zero-order valence-corrected chi connectivity index (χ0v) is 17.5. The van der Waals surface area contributed by atoms with Crippen molar-refractivity contribution >= 4 is 23.1 Å². The third-order valence-electron chi connectivity index (χ3n) is 5.26. The third kappa shape index (κ3) is 5.28. The summed E-state index contributed by atoms with van der Waals surface area (Å²) >= 11 is 0. The van der Waals surface area contributed by atoms with Gasteiger partial charge in [0.15, 0.2) is 0 Å². The Kier molecular flexibility index (Phi) is 7.02. The molecular formula is C23H25N3O5. The van der Waals surface area contributed by atoms with E-state index >= 15 is 0 Å². The molecule has 1 aliphatic rings. The third-order valence-corrected chi connectivity index (χ3v) is 5.26. The van der Waals surface area contributed by atoms with E-state index in [2.05, 4.69) is 12.2 Å². The Labute approximate surface area is 180 Å². The van der Waals surface area contributed by atoms with E-state index in [0.717, 1.165) is 12.8 Å². The standard InChI is InChI=1S/C23H25N3O5/c1-16-6-5-13-25(15-16)23(28)20(19-7-3-4-8-21(19)31-2)14-24-22(27)17-9-11-18(12-10-17)26(29)30/h3-4,7-12,14,16H,5-6,13,15H2,1-2H3,(H,24,27). The molecule has 0 radical (unpaired) electrons. The predicted octanol–water partition coefficient (Wildman–Crippen LogP) is 3.63. The fourth-order valence-electron chi connectivity index (χ4n) is 3.62. The Hall–Kier alpha value is -3.68. The van der Waals surface area contributed by atoms with Crippen LogP contribution in [0.25, 0.3) is 5.57 Å². The number of hydrogen-bond acceptors (Lipinski definition) is 5. The van der Waals surface area contributed by atoms with E-state index in [0.29, 0.717) is 35.9 Å². The highest BCUT2D eigenvalue weighted by Gasteiger charge is 2.26. The van der Waals surface area contributed by atoms with Gasteiger partial charge in [0, 0.05) is 42.5 Å². The number of methoxy groups -OCH3 is 1. The van der Waals surface area contributed by atoms with E-state index in [9.17, 15) is 19.7 Å². The Morgan fingerprint density at radius 3 is 2.55 bits per heavy atom. The summed E-state index contributed by atoms with van der Waals surface area (Å²) < 4.78 is 5.42. The molecule has 1 saturated heterocycles. The van der Waals surface area contributed by atoms with E-state index in [-0.39, 0.29) is 17.2 Å². The zero-order chi connectivity index (χ0) is 22.4. The van der Waals surface area contributed by atoms with Gasteiger partial charge in [0.1, 0.15) is 5.75 Å². The highest BCUT2D eigenvalue weighted by Crippen LogP contribution is 2.28. The van der Waals surface area contributed by atoms with Gasteiger partial charge in [0.25, 0.3) is 17.5 Å². The zero-order valence-electron chi connectivity index (χ0n) is 17.5. The van der Waals surface area contributed by atoms with Crippen molar-refractivity contribution in [2.75, 3.05) is 20.2 Å².